The van der Waals surface area contributed by atoms with Crippen LogP contribution >= 0.6 is 23.2 Å². The van der Waals surface area contributed by atoms with Crippen molar-refractivity contribution in [1.82, 2.24) is 4.90 Å². The third kappa shape index (κ3) is 5.93. The van der Waals surface area contributed by atoms with E-state index in [1.807, 2.05) is 30.3 Å². The highest BCUT2D eigenvalue weighted by molar-refractivity contribution is 6.37. The predicted molar refractivity (Wildman–Crippen MR) is 99.4 cm³/mol. The molecular formula is C19H17Cl2NO3. The number of carbonyl (C=O) groups excluding carboxylic acids is 2. The maximum atomic E-state index is 12.0. The molecule has 25 heavy (non-hydrogen) atoms. The number of ether oxygens (including phenoxy) is 1. The number of rotatable bonds is 6. The van der Waals surface area contributed by atoms with E-state index < -0.39 is 5.97 Å². The van der Waals surface area contributed by atoms with E-state index in [9.17, 15) is 9.59 Å². The van der Waals surface area contributed by atoms with Gasteiger partial charge in [0, 0.05) is 35.3 Å². The molecule has 0 N–H and O–H groups in total. The van der Waals surface area contributed by atoms with Crippen LogP contribution in [0.15, 0.2) is 54.6 Å². The normalized spacial score (nSPS) is 10.7. The van der Waals surface area contributed by atoms with Crippen molar-refractivity contribution in [3.8, 4) is 0 Å². The molecule has 1 amide bonds. The van der Waals surface area contributed by atoms with Gasteiger partial charge in [0.05, 0.1) is 0 Å². The summed E-state index contributed by atoms with van der Waals surface area (Å²) < 4.78 is 4.96. The summed E-state index contributed by atoms with van der Waals surface area (Å²) in [5, 5.41) is 0.852. The summed E-state index contributed by atoms with van der Waals surface area (Å²) in [4.78, 5) is 25.3. The lowest BCUT2D eigenvalue weighted by Gasteiger charge is -2.16. The van der Waals surface area contributed by atoms with Crippen LogP contribution in [0.3, 0.4) is 0 Å². The molecule has 2 rings (SSSR count). The first kappa shape index (κ1) is 19.0. The Hall–Kier alpha value is -2.30. The Kier molecular flexibility index (Phi) is 7.04. The van der Waals surface area contributed by atoms with Gasteiger partial charge in [-0.1, -0.05) is 59.6 Å². The van der Waals surface area contributed by atoms with Gasteiger partial charge in [0.2, 0.25) is 0 Å². The van der Waals surface area contributed by atoms with Gasteiger partial charge in [-0.05, 0) is 23.8 Å². The fourth-order valence-electron chi connectivity index (χ4n) is 2.06. The molecule has 130 valence electrons. The molecule has 0 saturated carbocycles. The van der Waals surface area contributed by atoms with Crippen molar-refractivity contribution in [2.24, 2.45) is 0 Å². The zero-order chi connectivity index (χ0) is 18.2. The SMILES string of the molecule is CN(Cc1ccccc1)C(=O)COC(=O)/C=C/c1c(Cl)cccc1Cl. The molecule has 0 aliphatic carbocycles. The number of likely N-dealkylation sites (N-methyl/N-ethyl adjacent to an activating group) is 1. The average Bonchev–Trinajstić information content (AvgIpc) is 2.60. The van der Waals surface area contributed by atoms with Gasteiger partial charge in [-0.15, -0.1) is 0 Å². The second-order valence-electron chi connectivity index (χ2n) is 5.31. The Labute approximate surface area is 156 Å². The Bertz CT molecular complexity index is 755. The Morgan fingerprint density at radius 1 is 1.04 bits per heavy atom. The van der Waals surface area contributed by atoms with Gasteiger partial charge in [-0.2, -0.15) is 0 Å². The van der Waals surface area contributed by atoms with E-state index in [-0.39, 0.29) is 12.5 Å². The summed E-state index contributed by atoms with van der Waals surface area (Å²) in [5.41, 5.74) is 1.52. The summed E-state index contributed by atoms with van der Waals surface area (Å²) >= 11 is 12.0. The molecule has 0 fully saturated rings. The quantitative estimate of drug-likeness (QED) is 0.559. The molecule has 0 radical (unpaired) electrons. The fourth-order valence-corrected chi connectivity index (χ4v) is 2.58. The van der Waals surface area contributed by atoms with Gasteiger partial charge >= 0.3 is 5.97 Å². The first-order chi connectivity index (χ1) is 12.0. The van der Waals surface area contributed by atoms with Crippen molar-refractivity contribution >= 4 is 41.2 Å². The largest absolute Gasteiger partial charge is 0.452 e. The van der Waals surface area contributed by atoms with Crippen LogP contribution in [0.2, 0.25) is 10.0 Å². The molecule has 0 spiro atoms. The summed E-state index contributed by atoms with van der Waals surface area (Å²) in [7, 11) is 1.66. The molecule has 0 atom stereocenters. The van der Waals surface area contributed by atoms with Crippen molar-refractivity contribution < 1.29 is 14.3 Å². The van der Waals surface area contributed by atoms with Gasteiger partial charge < -0.3 is 9.64 Å². The zero-order valence-corrected chi connectivity index (χ0v) is 15.1. The van der Waals surface area contributed by atoms with Gasteiger partial charge in [0.1, 0.15) is 0 Å². The number of amides is 1. The topological polar surface area (TPSA) is 46.6 Å². The van der Waals surface area contributed by atoms with Crippen LogP contribution < -0.4 is 0 Å². The maximum absolute atomic E-state index is 12.0. The highest BCUT2D eigenvalue weighted by atomic mass is 35.5. The lowest BCUT2D eigenvalue weighted by molar-refractivity contribution is -0.147. The van der Waals surface area contributed by atoms with Crippen molar-refractivity contribution in [1.29, 1.82) is 0 Å². The fraction of sp³-hybridized carbons (Fsp3) is 0.158. The minimum absolute atomic E-state index is 0.290. The Morgan fingerprint density at radius 2 is 1.68 bits per heavy atom. The average molecular weight is 378 g/mol. The second-order valence-corrected chi connectivity index (χ2v) is 6.13. The van der Waals surface area contributed by atoms with Gasteiger partial charge in [0.25, 0.3) is 5.91 Å². The molecule has 0 bridgehead atoms. The van der Waals surface area contributed by atoms with Crippen LogP contribution in [0.5, 0.6) is 0 Å². The molecule has 0 saturated heterocycles. The van der Waals surface area contributed by atoms with Crippen LogP contribution in [0.4, 0.5) is 0 Å². The molecule has 0 heterocycles. The van der Waals surface area contributed by atoms with Gasteiger partial charge in [-0.3, -0.25) is 4.79 Å². The monoisotopic (exact) mass is 377 g/mol. The predicted octanol–water partition coefficient (Wildman–Crippen LogP) is 4.21. The van der Waals surface area contributed by atoms with E-state index in [2.05, 4.69) is 0 Å². The van der Waals surface area contributed by atoms with Crippen LogP contribution in [-0.2, 0) is 20.9 Å². The van der Waals surface area contributed by atoms with E-state index in [1.165, 1.54) is 17.1 Å². The maximum Gasteiger partial charge on any atom is 0.331 e. The molecule has 6 heteroatoms. The Balaban J connectivity index is 1.85. The molecule has 4 nitrogen and oxygen atoms in total. The number of halogens is 2. The molecule has 2 aromatic carbocycles. The first-order valence-electron chi connectivity index (χ1n) is 7.54. The van der Waals surface area contributed by atoms with E-state index in [4.69, 9.17) is 27.9 Å². The molecule has 0 aliphatic rings. The van der Waals surface area contributed by atoms with Crippen LogP contribution in [-0.4, -0.2) is 30.4 Å². The third-order valence-electron chi connectivity index (χ3n) is 3.41. The number of carbonyl (C=O) groups is 2. The lowest BCUT2D eigenvalue weighted by atomic mass is 10.2. The second kappa shape index (κ2) is 9.25. The van der Waals surface area contributed by atoms with Gasteiger partial charge in [0.15, 0.2) is 6.61 Å². The standard InChI is InChI=1S/C19H17Cl2NO3/c1-22(12-14-6-3-2-4-7-14)18(23)13-25-19(24)11-10-15-16(20)8-5-9-17(15)21/h2-11H,12-13H2,1H3/b11-10+. The lowest BCUT2D eigenvalue weighted by Crippen LogP contribution is -2.30. The number of benzene rings is 2. The summed E-state index contributed by atoms with van der Waals surface area (Å²) in [6, 6.07) is 14.6. The highest BCUT2D eigenvalue weighted by Crippen LogP contribution is 2.25. The third-order valence-corrected chi connectivity index (χ3v) is 4.07. The van der Waals surface area contributed by atoms with Crippen LogP contribution in [0.1, 0.15) is 11.1 Å². The van der Waals surface area contributed by atoms with Crippen molar-refractivity contribution in [2.75, 3.05) is 13.7 Å². The molecule has 0 aliphatic heterocycles. The summed E-state index contributed by atoms with van der Waals surface area (Å²) in [6.07, 6.45) is 2.66. The number of hydrogen-bond donors (Lipinski definition) is 0. The number of nitrogens with zero attached hydrogens (tertiary/aromatic N) is 1. The van der Waals surface area contributed by atoms with E-state index >= 15 is 0 Å². The molecular weight excluding hydrogens is 361 g/mol. The van der Waals surface area contributed by atoms with E-state index in [0.717, 1.165) is 5.56 Å². The summed E-state index contributed by atoms with van der Waals surface area (Å²) in [6.45, 7) is 0.116. The first-order valence-corrected chi connectivity index (χ1v) is 8.29. The minimum Gasteiger partial charge on any atom is -0.452 e. The van der Waals surface area contributed by atoms with Crippen LogP contribution in [0.25, 0.3) is 6.08 Å². The molecule has 0 unspecified atom stereocenters. The van der Waals surface area contributed by atoms with Crippen molar-refractivity contribution in [3.63, 3.8) is 0 Å². The molecule has 0 aromatic heterocycles. The van der Waals surface area contributed by atoms with Crippen molar-refractivity contribution in [2.45, 2.75) is 6.54 Å². The van der Waals surface area contributed by atoms with E-state index in [0.29, 0.717) is 22.2 Å². The minimum atomic E-state index is -0.641. The summed E-state index contributed by atoms with van der Waals surface area (Å²) in [5.74, 6) is -0.932. The van der Waals surface area contributed by atoms with Crippen molar-refractivity contribution in [3.05, 3.63) is 75.8 Å². The smallest absolute Gasteiger partial charge is 0.331 e. The Morgan fingerprint density at radius 3 is 2.32 bits per heavy atom. The number of esters is 1. The number of hydrogen-bond acceptors (Lipinski definition) is 3. The van der Waals surface area contributed by atoms with Gasteiger partial charge in [-0.25, -0.2) is 4.79 Å². The molecule has 2 aromatic rings. The highest BCUT2D eigenvalue weighted by Gasteiger charge is 2.11. The van der Waals surface area contributed by atoms with Crippen LogP contribution in [0, 0.1) is 0 Å². The van der Waals surface area contributed by atoms with E-state index in [1.54, 1.807) is 25.2 Å². The zero-order valence-electron chi connectivity index (χ0n) is 13.6.